The van der Waals surface area contributed by atoms with Crippen molar-refractivity contribution >= 4 is 40.8 Å². The molecule has 2 aliphatic rings. The highest BCUT2D eigenvalue weighted by Crippen LogP contribution is 2.33. The molecule has 0 spiro atoms. The van der Waals surface area contributed by atoms with Crippen molar-refractivity contribution in [3.63, 3.8) is 0 Å². The fraction of sp³-hybridized carbons (Fsp3) is 0.550. The molecule has 7 heteroatoms. The van der Waals surface area contributed by atoms with Gasteiger partial charge in [0.15, 0.2) is 5.78 Å². The number of carbonyl (C=O) groups excluding carboxylic acids is 3. The van der Waals surface area contributed by atoms with Crippen LogP contribution in [-0.4, -0.2) is 41.1 Å². The fourth-order valence-corrected chi connectivity index (χ4v) is 4.73. The smallest absolute Gasteiger partial charge is 0.228 e. The summed E-state index contributed by atoms with van der Waals surface area (Å²) >= 11 is 12.2. The van der Waals surface area contributed by atoms with Crippen molar-refractivity contribution in [2.75, 3.05) is 13.1 Å². The Kier molecular flexibility index (Phi) is 5.82. The summed E-state index contributed by atoms with van der Waals surface area (Å²) in [4.78, 5) is 38.2. The summed E-state index contributed by atoms with van der Waals surface area (Å²) in [6, 6.07) is 5.59. The first-order valence-electron chi connectivity index (χ1n) is 9.27. The third-order valence-corrected chi connectivity index (χ3v) is 6.09. The summed E-state index contributed by atoms with van der Waals surface area (Å²) in [5.41, 5.74) is 0.182. The Morgan fingerprint density at radius 2 is 1.81 bits per heavy atom. The molecular weight excluding hydrogens is 387 g/mol. The number of Topliss-reactive ketones (excluding diaryl/α,β-unsaturated/α-hetero) is 1. The normalized spacial score (nSPS) is 24.8. The molecule has 146 valence electrons. The molecule has 0 aromatic heterocycles. The molecule has 1 aromatic carbocycles. The van der Waals surface area contributed by atoms with Crippen LogP contribution in [0.3, 0.4) is 0 Å². The second kappa shape index (κ2) is 7.80. The molecule has 2 atom stereocenters. The Morgan fingerprint density at radius 1 is 1.22 bits per heavy atom. The Morgan fingerprint density at radius 3 is 2.33 bits per heavy atom. The van der Waals surface area contributed by atoms with Gasteiger partial charge in [0.1, 0.15) is 0 Å². The van der Waals surface area contributed by atoms with E-state index in [1.54, 1.807) is 13.0 Å². The van der Waals surface area contributed by atoms with Gasteiger partial charge in [0.05, 0.1) is 12.0 Å². The first-order chi connectivity index (χ1) is 12.7. The van der Waals surface area contributed by atoms with Gasteiger partial charge in [0.2, 0.25) is 11.8 Å². The lowest BCUT2D eigenvalue weighted by atomic mass is 9.85. The molecule has 2 saturated heterocycles. The van der Waals surface area contributed by atoms with Gasteiger partial charge in [-0.25, -0.2) is 0 Å². The van der Waals surface area contributed by atoms with Crippen molar-refractivity contribution < 1.29 is 14.4 Å². The molecule has 2 amide bonds. The van der Waals surface area contributed by atoms with E-state index in [4.69, 9.17) is 23.2 Å². The zero-order valence-electron chi connectivity index (χ0n) is 15.6. The van der Waals surface area contributed by atoms with Crippen LogP contribution in [0.15, 0.2) is 18.2 Å². The average Bonchev–Trinajstić information content (AvgIpc) is 2.85. The summed E-state index contributed by atoms with van der Waals surface area (Å²) in [6.45, 7) is 4.86. The molecule has 0 radical (unpaired) electrons. The summed E-state index contributed by atoms with van der Waals surface area (Å²) < 4.78 is 0. The monoisotopic (exact) mass is 410 g/mol. The van der Waals surface area contributed by atoms with Gasteiger partial charge in [-0.05, 0) is 55.9 Å². The van der Waals surface area contributed by atoms with E-state index in [9.17, 15) is 14.4 Å². The van der Waals surface area contributed by atoms with E-state index < -0.39 is 5.54 Å². The number of rotatable bonds is 4. The Labute approximate surface area is 169 Å². The molecule has 1 N–H and O–H groups in total. The summed E-state index contributed by atoms with van der Waals surface area (Å²) in [5.74, 6) is -0.358. The lowest BCUT2D eigenvalue weighted by Crippen LogP contribution is -2.48. The minimum absolute atomic E-state index is 0.0350. The minimum Gasteiger partial charge on any atom is -0.343 e. The van der Waals surface area contributed by atoms with Crippen molar-refractivity contribution in [2.45, 2.75) is 51.0 Å². The SMILES string of the molecule is C[C@@H](C[C@@]1(C)NC(=O)CC1=O)C(=O)N1CCC(c2cc(Cl)cc(Cl)c2)CC1. The number of benzene rings is 1. The molecule has 0 bridgehead atoms. The maximum Gasteiger partial charge on any atom is 0.228 e. The van der Waals surface area contributed by atoms with Crippen LogP contribution >= 0.6 is 23.2 Å². The number of halogens is 2. The molecule has 2 aliphatic heterocycles. The van der Waals surface area contributed by atoms with Gasteiger partial charge in [0.25, 0.3) is 0 Å². The van der Waals surface area contributed by atoms with Crippen molar-refractivity contribution in [1.82, 2.24) is 10.2 Å². The standard InChI is InChI=1S/C20H24Cl2N2O3/c1-12(11-20(2)17(25)10-18(26)23-20)19(27)24-5-3-13(4-6-24)14-7-15(21)9-16(22)8-14/h7-9,12-13H,3-6,10-11H2,1-2H3,(H,23,26)/t12-,20+/m0/s1. The van der Waals surface area contributed by atoms with Crippen LogP contribution in [0.2, 0.25) is 10.0 Å². The number of nitrogens with zero attached hydrogens (tertiary/aromatic N) is 1. The number of piperidine rings is 1. The molecule has 0 aliphatic carbocycles. The Bertz CT molecular complexity index is 754. The van der Waals surface area contributed by atoms with Gasteiger partial charge >= 0.3 is 0 Å². The maximum absolute atomic E-state index is 12.8. The highest BCUT2D eigenvalue weighted by molar-refractivity contribution is 6.34. The molecular formula is C20H24Cl2N2O3. The summed E-state index contributed by atoms with van der Waals surface area (Å²) in [6.07, 6.45) is 1.94. The van der Waals surface area contributed by atoms with Crippen LogP contribution in [0.25, 0.3) is 0 Å². The highest BCUT2D eigenvalue weighted by atomic mass is 35.5. The number of hydrogen-bond acceptors (Lipinski definition) is 3. The molecule has 2 fully saturated rings. The molecule has 1 aromatic rings. The lowest BCUT2D eigenvalue weighted by Gasteiger charge is -2.35. The van der Waals surface area contributed by atoms with Crippen molar-refractivity contribution in [3.8, 4) is 0 Å². The predicted molar refractivity (Wildman–Crippen MR) is 105 cm³/mol. The summed E-state index contributed by atoms with van der Waals surface area (Å²) in [5, 5.41) is 3.98. The van der Waals surface area contributed by atoms with E-state index in [-0.39, 0.29) is 29.9 Å². The van der Waals surface area contributed by atoms with E-state index in [2.05, 4.69) is 5.32 Å². The molecule has 3 rings (SSSR count). The number of carbonyl (C=O) groups is 3. The first-order valence-corrected chi connectivity index (χ1v) is 10.0. The quantitative estimate of drug-likeness (QED) is 0.771. The molecule has 2 heterocycles. The average molecular weight is 411 g/mol. The van der Waals surface area contributed by atoms with E-state index in [0.29, 0.717) is 35.5 Å². The van der Waals surface area contributed by atoms with Crippen LogP contribution < -0.4 is 5.32 Å². The second-order valence-corrected chi connectivity index (χ2v) is 8.76. The van der Waals surface area contributed by atoms with Crippen LogP contribution in [0, 0.1) is 5.92 Å². The molecule has 27 heavy (non-hydrogen) atoms. The number of likely N-dealkylation sites (tertiary alicyclic amines) is 1. The Hall–Kier alpha value is -1.59. The van der Waals surface area contributed by atoms with Crippen LogP contribution in [0.1, 0.15) is 51.0 Å². The van der Waals surface area contributed by atoms with Gasteiger partial charge in [-0.15, -0.1) is 0 Å². The van der Waals surface area contributed by atoms with Gasteiger partial charge in [0, 0.05) is 29.1 Å². The zero-order valence-corrected chi connectivity index (χ0v) is 17.1. The number of nitrogens with one attached hydrogen (secondary N) is 1. The number of hydrogen-bond donors (Lipinski definition) is 1. The van der Waals surface area contributed by atoms with Crippen molar-refractivity contribution in [1.29, 1.82) is 0 Å². The Balaban J connectivity index is 1.58. The third kappa shape index (κ3) is 4.46. The van der Waals surface area contributed by atoms with E-state index >= 15 is 0 Å². The van der Waals surface area contributed by atoms with E-state index in [1.807, 2.05) is 24.0 Å². The first kappa shape index (κ1) is 20.2. The maximum atomic E-state index is 12.8. The molecule has 0 unspecified atom stereocenters. The number of amides is 2. The zero-order chi connectivity index (χ0) is 19.8. The van der Waals surface area contributed by atoms with Crippen LogP contribution in [0.4, 0.5) is 0 Å². The topological polar surface area (TPSA) is 66.5 Å². The van der Waals surface area contributed by atoms with E-state index in [0.717, 1.165) is 18.4 Å². The fourth-order valence-electron chi connectivity index (χ4n) is 4.18. The van der Waals surface area contributed by atoms with Crippen molar-refractivity contribution in [2.24, 2.45) is 5.92 Å². The van der Waals surface area contributed by atoms with Gasteiger partial charge in [-0.3, -0.25) is 14.4 Å². The predicted octanol–water partition coefficient (Wildman–Crippen LogP) is 3.57. The lowest BCUT2D eigenvalue weighted by molar-refractivity contribution is -0.137. The highest BCUT2D eigenvalue weighted by Gasteiger charge is 2.44. The van der Waals surface area contributed by atoms with Crippen LogP contribution in [0.5, 0.6) is 0 Å². The van der Waals surface area contributed by atoms with Gasteiger partial charge in [-0.1, -0.05) is 30.1 Å². The second-order valence-electron chi connectivity index (χ2n) is 7.89. The molecule has 5 nitrogen and oxygen atoms in total. The number of ketones is 1. The summed E-state index contributed by atoms with van der Waals surface area (Å²) in [7, 11) is 0. The van der Waals surface area contributed by atoms with Gasteiger partial charge < -0.3 is 10.2 Å². The molecule has 0 saturated carbocycles. The van der Waals surface area contributed by atoms with E-state index in [1.165, 1.54) is 0 Å². The largest absolute Gasteiger partial charge is 0.343 e. The van der Waals surface area contributed by atoms with Crippen LogP contribution in [-0.2, 0) is 14.4 Å². The van der Waals surface area contributed by atoms with Crippen molar-refractivity contribution in [3.05, 3.63) is 33.8 Å². The minimum atomic E-state index is -0.929. The van der Waals surface area contributed by atoms with Gasteiger partial charge in [-0.2, -0.15) is 0 Å². The third-order valence-electron chi connectivity index (χ3n) is 5.65.